The van der Waals surface area contributed by atoms with Gasteiger partial charge in [-0.05, 0) is 68.8 Å². The molecular weight excluding hydrogens is 378 g/mol. The number of ether oxygens (including phenoxy) is 1. The van der Waals surface area contributed by atoms with Crippen molar-refractivity contribution in [1.29, 1.82) is 5.26 Å². The third-order valence-electron chi connectivity index (χ3n) is 4.73. The van der Waals surface area contributed by atoms with Crippen molar-refractivity contribution < 1.29 is 9.15 Å². The number of anilines is 1. The maximum Gasteiger partial charge on any atom is 0.343 e. The van der Waals surface area contributed by atoms with Gasteiger partial charge in [0.1, 0.15) is 17.1 Å². The molecule has 0 unspecified atom stereocenters. The molecule has 0 atom stereocenters. The summed E-state index contributed by atoms with van der Waals surface area (Å²) in [6, 6.07) is 9.46. The second-order valence-electron chi connectivity index (χ2n) is 6.65. The molecule has 0 spiro atoms. The molecule has 1 aliphatic heterocycles. The van der Waals surface area contributed by atoms with Crippen molar-refractivity contribution >= 4 is 22.7 Å². The van der Waals surface area contributed by atoms with Crippen LogP contribution in [0.3, 0.4) is 0 Å². The van der Waals surface area contributed by atoms with E-state index in [0.29, 0.717) is 28.2 Å². The van der Waals surface area contributed by atoms with Gasteiger partial charge in [0.25, 0.3) is 5.70 Å². The van der Waals surface area contributed by atoms with E-state index in [9.17, 15) is 4.79 Å². The minimum atomic E-state index is -0.450. The molecule has 3 rings (SSSR count). The molecule has 0 radical (unpaired) electrons. The highest BCUT2D eigenvalue weighted by molar-refractivity contribution is 5.82. The molecule has 0 bridgehead atoms. The first kappa shape index (κ1) is 20.7. The zero-order valence-corrected chi connectivity index (χ0v) is 17.1. The van der Waals surface area contributed by atoms with Gasteiger partial charge in [-0.3, -0.25) is 0 Å². The summed E-state index contributed by atoms with van der Waals surface area (Å²) < 4.78 is 11.2. The van der Waals surface area contributed by atoms with Crippen LogP contribution in [0.5, 0.6) is 0 Å². The molecule has 0 saturated heterocycles. The quantitative estimate of drug-likeness (QED) is 0.394. The Bertz CT molecular complexity index is 1230. The Kier molecular flexibility index (Phi) is 6.20. The SMILES string of the molecule is [C-]#[N+]C(C#N)=C1C=C(C)OC(C=Cc2cc3ccc(N(CC)CC)cc3oc2=O)=C1. The molecule has 0 saturated carbocycles. The van der Waals surface area contributed by atoms with Crippen LogP contribution in [0.1, 0.15) is 26.3 Å². The fraction of sp³-hybridized carbons (Fsp3) is 0.208. The van der Waals surface area contributed by atoms with Crippen molar-refractivity contribution in [2.75, 3.05) is 18.0 Å². The first-order chi connectivity index (χ1) is 14.5. The van der Waals surface area contributed by atoms with Gasteiger partial charge >= 0.3 is 5.63 Å². The van der Waals surface area contributed by atoms with Crippen molar-refractivity contribution in [2.24, 2.45) is 0 Å². The lowest BCUT2D eigenvalue weighted by molar-refractivity contribution is 0.318. The summed E-state index contributed by atoms with van der Waals surface area (Å²) >= 11 is 0. The van der Waals surface area contributed by atoms with Gasteiger partial charge in [0.15, 0.2) is 0 Å². The third kappa shape index (κ3) is 4.34. The van der Waals surface area contributed by atoms with E-state index in [1.165, 1.54) is 0 Å². The van der Waals surface area contributed by atoms with Crippen molar-refractivity contribution in [3.63, 3.8) is 0 Å². The van der Waals surface area contributed by atoms with E-state index in [1.54, 1.807) is 37.3 Å². The number of hydrogen-bond donors (Lipinski definition) is 0. The molecule has 0 N–H and O–H groups in total. The first-order valence-electron chi connectivity index (χ1n) is 9.59. The normalized spacial score (nSPS) is 15.1. The van der Waals surface area contributed by atoms with Crippen LogP contribution < -0.4 is 10.5 Å². The average molecular weight is 399 g/mol. The van der Waals surface area contributed by atoms with Gasteiger partial charge in [0.2, 0.25) is 0 Å². The molecule has 30 heavy (non-hydrogen) atoms. The summed E-state index contributed by atoms with van der Waals surface area (Å²) in [7, 11) is 0. The number of benzene rings is 1. The number of rotatable bonds is 5. The predicted octanol–water partition coefficient (Wildman–Crippen LogP) is 5.17. The van der Waals surface area contributed by atoms with Gasteiger partial charge < -0.3 is 14.1 Å². The van der Waals surface area contributed by atoms with Gasteiger partial charge in [0.05, 0.1) is 18.2 Å². The number of nitriles is 1. The maximum absolute atomic E-state index is 12.5. The summed E-state index contributed by atoms with van der Waals surface area (Å²) in [6.45, 7) is 14.7. The van der Waals surface area contributed by atoms with Crippen LogP contribution in [0.4, 0.5) is 5.69 Å². The molecule has 1 aliphatic rings. The Labute approximate surface area is 175 Å². The molecule has 0 amide bonds. The van der Waals surface area contributed by atoms with E-state index in [-0.39, 0.29) is 5.70 Å². The summed E-state index contributed by atoms with van der Waals surface area (Å²) in [5.41, 5.74) is 1.94. The molecule has 1 aromatic heterocycles. The Morgan fingerprint density at radius 3 is 2.67 bits per heavy atom. The lowest BCUT2D eigenvalue weighted by atomic mass is 10.1. The Morgan fingerprint density at radius 1 is 1.23 bits per heavy atom. The van der Waals surface area contributed by atoms with Crippen LogP contribution in [-0.2, 0) is 4.74 Å². The van der Waals surface area contributed by atoms with Crippen molar-refractivity contribution in [1.82, 2.24) is 0 Å². The molecule has 1 aromatic carbocycles. The highest BCUT2D eigenvalue weighted by Gasteiger charge is 2.11. The fourth-order valence-corrected chi connectivity index (χ4v) is 3.22. The van der Waals surface area contributed by atoms with Crippen molar-refractivity contribution in [2.45, 2.75) is 20.8 Å². The smallest absolute Gasteiger partial charge is 0.343 e. The lowest BCUT2D eigenvalue weighted by Gasteiger charge is -2.20. The second kappa shape index (κ2) is 8.98. The average Bonchev–Trinajstić information content (AvgIpc) is 2.73. The number of fused-ring (bicyclic) bond motifs is 1. The van der Waals surface area contributed by atoms with Crippen LogP contribution in [0.2, 0.25) is 0 Å². The van der Waals surface area contributed by atoms with E-state index in [1.807, 2.05) is 24.3 Å². The molecule has 2 heterocycles. The fourth-order valence-electron chi connectivity index (χ4n) is 3.22. The predicted molar refractivity (Wildman–Crippen MR) is 117 cm³/mol. The molecule has 0 fully saturated rings. The zero-order valence-electron chi connectivity index (χ0n) is 17.1. The molecule has 6 heteroatoms. The van der Waals surface area contributed by atoms with E-state index < -0.39 is 5.63 Å². The molecule has 6 nitrogen and oxygen atoms in total. The Hall–Kier alpha value is -4.03. The minimum Gasteiger partial charge on any atom is -0.462 e. The van der Waals surface area contributed by atoms with Gasteiger partial charge in [-0.25, -0.2) is 14.9 Å². The number of nitrogens with zero attached hydrogens (tertiary/aromatic N) is 3. The summed E-state index contributed by atoms with van der Waals surface area (Å²) in [6.07, 6.45) is 6.46. The van der Waals surface area contributed by atoms with Crippen LogP contribution in [0, 0.1) is 17.9 Å². The molecule has 0 aliphatic carbocycles. The highest BCUT2D eigenvalue weighted by Crippen LogP contribution is 2.24. The maximum atomic E-state index is 12.5. The van der Waals surface area contributed by atoms with E-state index in [0.717, 1.165) is 24.2 Å². The molecule has 2 aromatic rings. The van der Waals surface area contributed by atoms with Gasteiger partial charge in [-0.15, -0.1) is 0 Å². The summed E-state index contributed by atoms with van der Waals surface area (Å²) in [5.74, 6) is 0.982. The second-order valence-corrected chi connectivity index (χ2v) is 6.65. The van der Waals surface area contributed by atoms with Crippen LogP contribution in [0.25, 0.3) is 21.9 Å². The van der Waals surface area contributed by atoms with Crippen LogP contribution in [-0.4, -0.2) is 13.1 Å². The first-order valence-corrected chi connectivity index (χ1v) is 9.59. The highest BCUT2D eigenvalue weighted by atomic mass is 16.5. The standard InChI is InChI=1S/C24H21N3O3/c1-5-27(6-2)20-9-7-17-12-18(24(28)30-23(17)14-20)8-10-21-13-19(11-16(3)29-21)22(15-25)26-4/h7-14H,5-6H2,1-3H3. The van der Waals surface area contributed by atoms with E-state index >= 15 is 0 Å². The van der Waals surface area contributed by atoms with Gasteiger partial charge in [-0.1, -0.05) is 0 Å². The van der Waals surface area contributed by atoms with E-state index in [2.05, 4.69) is 23.6 Å². The zero-order chi connectivity index (χ0) is 21.7. The summed E-state index contributed by atoms with van der Waals surface area (Å²) in [4.78, 5) is 17.9. The third-order valence-corrected chi connectivity index (χ3v) is 4.73. The van der Waals surface area contributed by atoms with E-state index in [4.69, 9.17) is 21.0 Å². The van der Waals surface area contributed by atoms with Gasteiger partial charge in [-0.2, -0.15) is 0 Å². The van der Waals surface area contributed by atoms with Crippen molar-refractivity contribution in [3.8, 4) is 6.07 Å². The van der Waals surface area contributed by atoms with Crippen LogP contribution in [0.15, 0.2) is 74.5 Å². The minimum absolute atomic E-state index is 0.0159. The Morgan fingerprint density at radius 2 is 2.00 bits per heavy atom. The van der Waals surface area contributed by atoms with Crippen molar-refractivity contribution in [3.05, 3.63) is 92.7 Å². The summed E-state index contributed by atoms with van der Waals surface area (Å²) in [5, 5.41) is 9.90. The molecule has 150 valence electrons. The Balaban J connectivity index is 1.95. The monoisotopic (exact) mass is 399 g/mol. The lowest BCUT2D eigenvalue weighted by Crippen LogP contribution is -2.21. The largest absolute Gasteiger partial charge is 0.462 e. The molecular formula is C24H21N3O3. The van der Waals surface area contributed by atoms with Crippen LogP contribution >= 0.6 is 0 Å². The van der Waals surface area contributed by atoms with Gasteiger partial charge in [0, 0.05) is 30.2 Å². The number of hydrogen-bond acceptors (Lipinski definition) is 5. The topological polar surface area (TPSA) is 70.8 Å². The number of allylic oxidation sites excluding steroid dienone is 6.